The van der Waals surface area contributed by atoms with Gasteiger partial charge in [-0.2, -0.15) is 0 Å². The highest BCUT2D eigenvalue weighted by Crippen LogP contribution is 2.10. The monoisotopic (exact) mass is 258 g/mol. The molecule has 0 bridgehead atoms. The van der Waals surface area contributed by atoms with Crippen molar-refractivity contribution in [1.82, 2.24) is 0 Å². The number of hydrogen-bond donors (Lipinski definition) is 0. The highest BCUT2D eigenvalue weighted by molar-refractivity contribution is 4.80. The Morgan fingerprint density at radius 2 is 1.33 bits per heavy atom. The maximum Gasteiger partial charge on any atom is 0.108 e. The lowest BCUT2D eigenvalue weighted by Gasteiger charge is -2.02. The van der Waals surface area contributed by atoms with Gasteiger partial charge in [-0.15, -0.1) is 0 Å². The first-order valence-corrected chi connectivity index (χ1v) is 7.70. The van der Waals surface area contributed by atoms with Crippen molar-refractivity contribution in [3.63, 3.8) is 0 Å². The molecule has 1 nitrogen and oxygen atoms in total. The molecule has 0 aromatic carbocycles. The Labute approximate surface area is 113 Å². The summed E-state index contributed by atoms with van der Waals surface area (Å²) in [6, 6.07) is 0. The lowest BCUT2D eigenvalue weighted by Crippen LogP contribution is -1.94. The van der Waals surface area contributed by atoms with Crippen molar-refractivity contribution in [2.75, 3.05) is 19.9 Å². The van der Waals surface area contributed by atoms with E-state index in [0.29, 0.717) is 6.61 Å². The van der Waals surface area contributed by atoms with Crippen molar-refractivity contribution < 1.29 is 9.13 Å². The summed E-state index contributed by atoms with van der Waals surface area (Å²) >= 11 is 0. The van der Waals surface area contributed by atoms with Crippen molar-refractivity contribution in [1.29, 1.82) is 0 Å². The summed E-state index contributed by atoms with van der Waals surface area (Å²) < 4.78 is 17.1. The summed E-state index contributed by atoms with van der Waals surface area (Å²) in [5, 5.41) is 0. The summed E-state index contributed by atoms with van der Waals surface area (Å²) in [6.07, 6.45) is 16.7. The standard InChI is InChI=1S/C16H31FO/c1-2-3-4-5-6-7-8-9-10-12-15-18-16-13-11-14-17/h11,13H,2-10,12,14-16H2,1H3/b13-11-. The molecule has 0 aliphatic heterocycles. The van der Waals surface area contributed by atoms with Gasteiger partial charge in [-0.1, -0.05) is 76.9 Å². The van der Waals surface area contributed by atoms with E-state index in [4.69, 9.17) is 4.74 Å². The molecule has 0 unspecified atom stereocenters. The van der Waals surface area contributed by atoms with E-state index in [1.807, 2.05) is 0 Å². The van der Waals surface area contributed by atoms with Crippen LogP contribution in [0.5, 0.6) is 0 Å². The molecule has 108 valence electrons. The van der Waals surface area contributed by atoms with Crippen molar-refractivity contribution in [2.45, 2.75) is 71.1 Å². The van der Waals surface area contributed by atoms with Crippen LogP contribution < -0.4 is 0 Å². The van der Waals surface area contributed by atoms with Crippen LogP contribution in [0, 0.1) is 0 Å². The quantitative estimate of drug-likeness (QED) is 0.297. The summed E-state index contributed by atoms with van der Waals surface area (Å²) in [4.78, 5) is 0. The van der Waals surface area contributed by atoms with Crippen LogP contribution in [-0.2, 0) is 4.74 Å². The van der Waals surface area contributed by atoms with Crippen LogP contribution in [0.4, 0.5) is 4.39 Å². The van der Waals surface area contributed by atoms with Crippen molar-refractivity contribution in [3.05, 3.63) is 12.2 Å². The smallest absolute Gasteiger partial charge is 0.108 e. The van der Waals surface area contributed by atoms with E-state index >= 15 is 0 Å². The Kier molecular flexibility index (Phi) is 16.3. The van der Waals surface area contributed by atoms with Gasteiger partial charge in [0.15, 0.2) is 0 Å². The van der Waals surface area contributed by atoms with E-state index in [1.165, 1.54) is 63.9 Å². The highest BCUT2D eigenvalue weighted by Gasteiger charge is 1.92. The fraction of sp³-hybridized carbons (Fsp3) is 0.875. The molecule has 0 rings (SSSR count). The molecule has 18 heavy (non-hydrogen) atoms. The normalized spacial score (nSPS) is 11.4. The first-order chi connectivity index (χ1) is 8.91. The summed E-state index contributed by atoms with van der Waals surface area (Å²) in [7, 11) is 0. The van der Waals surface area contributed by atoms with Crippen LogP contribution in [0.1, 0.15) is 71.1 Å². The predicted octanol–water partition coefficient (Wildman–Crippen LogP) is 5.45. The van der Waals surface area contributed by atoms with Crippen LogP contribution in [0.3, 0.4) is 0 Å². The van der Waals surface area contributed by atoms with E-state index in [-0.39, 0.29) is 6.67 Å². The summed E-state index contributed by atoms with van der Waals surface area (Å²) in [5.41, 5.74) is 0. The van der Waals surface area contributed by atoms with Gasteiger partial charge in [-0.25, -0.2) is 4.39 Å². The Balaban J connectivity index is 2.92. The second-order valence-corrected chi connectivity index (χ2v) is 4.88. The number of ether oxygens (including phenoxy) is 1. The third-order valence-corrected chi connectivity index (χ3v) is 3.11. The Morgan fingerprint density at radius 1 is 0.778 bits per heavy atom. The molecule has 2 heteroatoms. The summed E-state index contributed by atoms with van der Waals surface area (Å²) in [5.74, 6) is 0. The molecular formula is C16H31FO. The van der Waals surface area contributed by atoms with E-state index in [2.05, 4.69) is 6.92 Å². The molecule has 0 aliphatic rings. The first kappa shape index (κ1) is 17.6. The number of hydrogen-bond acceptors (Lipinski definition) is 1. The Hall–Kier alpha value is -0.370. The van der Waals surface area contributed by atoms with Gasteiger partial charge in [-0.3, -0.25) is 0 Å². The topological polar surface area (TPSA) is 9.23 Å². The molecule has 0 N–H and O–H groups in total. The molecule has 0 atom stereocenters. The SMILES string of the molecule is CCCCCCCCCCCCOC/C=C\CF. The average Bonchev–Trinajstić information content (AvgIpc) is 2.39. The van der Waals surface area contributed by atoms with Gasteiger partial charge >= 0.3 is 0 Å². The third kappa shape index (κ3) is 15.6. The van der Waals surface area contributed by atoms with Gasteiger partial charge < -0.3 is 4.74 Å². The van der Waals surface area contributed by atoms with E-state index < -0.39 is 0 Å². The average molecular weight is 258 g/mol. The first-order valence-electron chi connectivity index (χ1n) is 7.70. The Bertz CT molecular complexity index is 168. The molecule has 0 saturated heterocycles. The van der Waals surface area contributed by atoms with Crippen molar-refractivity contribution >= 4 is 0 Å². The maximum absolute atomic E-state index is 11.7. The molecule has 0 fully saturated rings. The molecule has 0 radical (unpaired) electrons. The molecule has 0 aromatic heterocycles. The fourth-order valence-corrected chi connectivity index (χ4v) is 1.97. The number of rotatable bonds is 14. The summed E-state index contributed by atoms with van der Waals surface area (Å²) in [6.45, 7) is 3.24. The molecule has 0 amide bonds. The zero-order chi connectivity index (χ0) is 13.3. The van der Waals surface area contributed by atoms with Gasteiger partial charge in [0.2, 0.25) is 0 Å². The molecule has 0 heterocycles. The maximum atomic E-state index is 11.7. The zero-order valence-electron chi connectivity index (χ0n) is 12.1. The minimum Gasteiger partial charge on any atom is -0.377 e. The second kappa shape index (κ2) is 16.6. The number of halogens is 1. The molecular weight excluding hydrogens is 227 g/mol. The van der Waals surface area contributed by atoms with Gasteiger partial charge in [-0.05, 0) is 6.42 Å². The van der Waals surface area contributed by atoms with Crippen LogP contribution in [0.2, 0.25) is 0 Å². The predicted molar refractivity (Wildman–Crippen MR) is 77.8 cm³/mol. The van der Waals surface area contributed by atoms with E-state index in [9.17, 15) is 4.39 Å². The van der Waals surface area contributed by atoms with Crippen LogP contribution >= 0.6 is 0 Å². The van der Waals surface area contributed by atoms with E-state index in [0.717, 1.165) is 13.0 Å². The number of allylic oxidation sites excluding steroid dienone is 1. The van der Waals surface area contributed by atoms with Gasteiger partial charge in [0.25, 0.3) is 0 Å². The molecule has 0 aromatic rings. The van der Waals surface area contributed by atoms with E-state index in [1.54, 1.807) is 6.08 Å². The number of alkyl halides is 1. The van der Waals surface area contributed by atoms with Gasteiger partial charge in [0, 0.05) is 6.61 Å². The second-order valence-electron chi connectivity index (χ2n) is 4.88. The Morgan fingerprint density at radius 3 is 1.89 bits per heavy atom. The molecule has 0 saturated carbocycles. The minimum absolute atomic E-state index is 0.387. The largest absolute Gasteiger partial charge is 0.377 e. The van der Waals surface area contributed by atoms with Gasteiger partial charge in [0.05, 0.1) is 6.61 Å². The third-order valence-electron chi connectivity index (χ3n) is 3.11. The minimum atomic E-state index is -0.387. The molecule has 0 spiro atoms. The number of unbranched alkanes of at least 4 members (excludes halogenated alkanes) is 9. The molecule has 0 aliphatic carbocycles. The van der Waals surface area contributed by atoms with Crippen LogP contribution in [0.15, 0.2) is 12.2 Å². The lowest BCUT2D eigenvalue weighted by atomic mass is 10.1. The van der Waals surface area contributed by atoms with Gasteiger partial charge in [0.1, 0.15) is 6.67 Å². The van der Waals surface area contributed by atoms with Crippen molar-refractivity contribution in [2.24, 2.45) is 0 Å². The lowest BCUT2D eigenvalue weighted by molar-refractivity contribution is 0.157. The van der Waals surface area contributed by atoms with Crippen LogP contribution in [0.25, 0.3) is 0 Å². The van der Waals surface area contributed by atoms with Crippen molar-refractivity contribution in [3.8, 4) is 0 Å². The fourth-order valence-electron chi connectivity index (χ4n) is 1.97. The zero-order valence-corrected chi connectivity index (χ0v) is 12.1. The highest BCUT2D eigenvalue weighted by atomic mass is 19.1. The van der Waals surface area contributed by atoms with Crippen LogP contribution in [-0.4, -0.2) is 19.9 Å².